The molecular weight excluding hydrogens is 580 g/mol. The van der Waals surface area contributed by atoms with Crippen LogP contribution in [0.3, 0.4) is 0 Å². The molecule has 1 aliphatic heterocycles. The van der Waals surface area contributed by atoms with Gasteiger partial charge in [-0.15, -0.1) is 0 Å². The second-order valence-electron chi connectivity index (χ2n) is 14.2. The predicted molar refractivity (Wildman–Crippen MR) is 202 cm³/mol. The highest BCUT2D eigenvalue weighted by Gasteiger charge is 2.30. The summed E-state index contributed by atoms with van der Waals surface area (Å²) >= 11 is 0. The zero-order chi connectivity index (χ0) is 33.6. The third-order valence-electron chi connectivity index (χ3n) is 10.0. The SMILES string of the molecule is CCCCCCCCCCCCCCCN(CC)C1Oc2cccc(c2)OC(N(CC)CCCCCCCCCCCCCCC)O1. The van der Waals surface area contributed by atoms with Crippen LogP contribution >= 0.6 is 0 Å². The van der Waals surface area contributed by atoms with Crippen molar-refractivity contribution < 1.29 is 14.2 Å². The average Bonchev–Trinajstić information content (AvgIpc) is 3.08. The number of rotatable bonds is 32. The summed E-state index contributed by atoms with van der Waals surface area (Å²) in [5.41, 5.74) is 0. The molecule has 1 aromatic carbocycles. The largest absolute Gasteiger partial charge is 0.451 e. The summed E-state index contributed by atoms with van der Waals surface area (Å²) in [4.78, 5) is 4.68. The topological polar surface area (TPSA) is 34.2 Å². The Morgan fingerprint density at radius 3 is 1.02 bits per heavy atom. The van der Waals surface area contributed by atoms with Gasteiger partial charge in [0.1, 0.15) is 11.5 Å². The van der Waals surface area contributed by atoms with Gasteiger partial charge in [-0.25, -0.2) is 9.80 Å². The lowest BCUT2D eigenvalue weighted by Gasteiger charge is -2.38. The molecule has 5 nitrogen and oxygen atoms in total. The van der Waals surface area contributed by atoms with Crippen LogP contribution in [0.4, 0.5) is 0 Å². The highest BCUT2D eigenvalue weighted by Crippen LogP contribution is 2.28. The summed E-state index contributed by atoms with van der Waals surface area (Å²) in [6.45, 7) is 12.8. The molecule has 0 amide bonds. The van der Waals surface area contributed by atoms with Crippen molar-refractivity contribution in [1.29, 1.82) is 0 Å². The van der Waals surface area contributed by atoms with Crippen LogP contribution < -0.4 is 9.47 Å². The van der Waals surface area contributed by atoms with Crippen molar-refractivity contribution in [3.8, 4) is 11.5 Å². The molecule has 47 heavy (non-hydrogen) atoms. The second-order valence-corrected chi connectivity index (χ2v) is 14.2. The van der Waals surface area contributed by atoms with Crippen LogP contribution in [0.15, 0.2) is 24.3 Å². The molecule has 2 unspecified atom stereocenters. The van der Waals surface area contributed by atoms with E-state index in [9.17, 15) is 0 Å². The van der Waals surface area contributed by atoms with E-state index in [0.29, 0.717) is 0 Å². The number of nitrogens with zero attached hydrogens (tertiary/aromatic N) is 2. The number of fused-ring (bicyclic) bond motifs is 2. The molecule has 1 aromatic rings. The number of hydrogen-bond donors (Lipinski definition) is 0. The highest BCUT2D eigenvalue weighted by molar-refractivity contribution is 5.33. The highest BCUT2D eigenvalue weighted by atomic mass is 16.8. The Labute approximate surface area is 292 Å². The Balaban J connectivity index is 1.68. The van der Waals surface area contributed by atoms with Gasteiger partial charge in [-0.2, -0.15) is 0 Å². The molecule has 2 atom stereocenters. The molecule has 0 fully saturated rings. The Morgan fingerprint density at radius 2 is 0.723 bits per heavy atom. The Kier molecular flexibility index (Phi) is 26.4. The summed E-state index contributed by atoms with van der Waals surface area (Å²) < 4.78 is 19.6. The van der Waals surface area contributed by atoms with Crippen molar-refractivity contribution in [1.82, 2.24) is 9.80 Å². The van der Waals surface area contributed by atoms with E-state index in [1.54, 1.807) is 0 Å². The first-order valence-electron chi connectivity index (χ1n) is 20.8. The summed E-state index contributed by atoms with van der Waals surface area (Å²) in [7, 11) is 0. The molecule has 2 rings (SSSR count). The van der Waals surface area contributed by atoms with Crippen LogP contribution in [0.25, 0.3) is 0 Å². The van der Waals surface area contributed by atoms with E-state index in [0.717, 1.165) is 37.7 Å². The zero-order valence-corrected chi connectivity index (χ0v) is 31.8. The predicted octanol–water partition coefficient (Wildman–Crippen LogP) is 12.9. The lowest BCUT2D eigenvalue weighted by Crippen LogP contribution is -2.51. The molecule has 0 spiro atoms. The van der Waals surface area contributed by atoms with Crippen molar-refractivity contribution in [2.24, 2.45) is 0 Å². The van der Waals surface area contributed by atoms with E-state index in [-0.39, 0.29) is 0 Å². The summed E-state index contributed by atoms with van der Waals surface area (Å²) in [6, 6.07) is 8.05. The Hall–Kier alpha value is -1.30. The first kappa shape index (κ1) is 41.9. The molecule has 0 aromatic heterocycles. The maximum absolute atomic E-state index is 6.65. The minimum Gasteiger partial charge on any atom is -0.451 e. The van der Waals surface area contributed by atoms with Crippen LogP contribution in [-0.2, 0) is 4.74 Å². The third kappa shape index (κ3) is 20.7. The van der Waals surface area contributed by atoms with Gasteiger partial charge in [-0.1, -0.05) is 188 Å². The minimum absolute atomic E-state index is 0.446. The van der Waals surface area contributed by atoms with E-state index in [1.165, 1.54) is 167 Å². The minimum atomic E-state index is -0.446. The smallest absolute Gasteiger partial charge is 0.266 e. The quantitative estimate of drug-likeness (QED) is 0.0720. The van der Waals surface area contributed by atoms with Gasteiger partial charge in [0.25, 0.3) is 12.8 Å². The molecule has 1 heterocycles. The molecule has 2 bridgehead atoms. The van der Waals surface area contributed by atoms with Gasteiger partial charge >= 0.3 is 0 Å². The van der Waals surface area contributed by atoms with Crippen LogP contribution in [-0.4, -0.2) is 48.8 Å². The Morgan fingerprint density at radius 1 is 0.426 bits per heavy atom. The maximum atomic E-state index is 6.65. The summed E-state index contributed by atoms with van der Waals surface area (Å²) in [5.74, 6) is 1.63. The van der Waals surface area contributed by atoms with E-state index in [2.05, 4.69) is 37.5 Å². The fourth-order valence-electron chi connectivity index (χ4n) is 6.82. The van der Waals surface area contributed by atoms with E-state index in [4.69, 9.17) is 14.2 Å². The van der Waals surface area contributed by atoms with Gasteiger partial charge in [-0.3, -0.25) is 4.74 Å². The van der Waals surface area contributed by atoms with Gasteiger partial charge in [0.05, 0.1) is 0 Å². The van der Waals surface area contributed by atoms with Gasteiger partial charge < -0.3 is 9.47 Å². The second kappa shape index (κ2) is 29.6. The van der Waals surface area contributed by atoms with Crippen molar-refractivity contribution in [3.63, 3.8) is 0 Å². The monoisotopic (exact) mass is 659 g/mol. The van der Waals surface area contributed by atoms with Crippen LogP contribution in [0.1, 0.15) is 195 Å². The molecule has 0 aliphatic carbocycles. The lowest BCUT2D eigenvalue weighted by atomic mass is 10.0. The van der Waals surface area contributed by atoms with Crippen LogP contribution in [0, 0.1) is 0 Å². The summed E-state index contributed by atoms with van der Waals surface area (Å²) in [5, 5.41) is 0. The van der Waals surface area contributed by atoms with Crippen LogP contribution in [0.5, 0.6) is 11.5 Å². The van der Waals surface area contributed by atoms with Crippen molar-refractivity contribution >= 4 is 0 Å². The normalized spacial score (nSPS) is 16.3. The molecular formula is C42H78N2O3. The van der Waals surface area contributed by atoms with Crippen LogP contribution in [0.2, 0.25) is 0 Å². The van der Waals surface area contributed by atoms with Gasteiger partial charge in [-0.05, 0) is 25.0 Å². The first-order chi connectivity index (χ1) is 23.2. The van der Waals surface area contributed by atoms with Crippen molar-refractivity contribution in [2.75, 3.05) is 26.2 Å². The van der Waals surface area contributed by atoms with Gasteiger partial charge in [0, 0.05) is 32.2 Å². The van der Waals surface area contributed by atoms with Gasteiger partial charge in [0.2, 0.25) is 0 Å². The third-order valence-corrected chi connectivity index (χ3v) is 10.0. The number of hydrogen-bond acceptors (Lipinski definition) is 5. The fourth-order valence-corrected chi connectivity index (χ4v) is 6.82. The molecule has 0 saturated heterocycles. The van der Waals surface area contributed by atoms with Gasteiger partial charge in [0.15, 0.2) is 0 Å². The van der Waals surface area contributed by atoms with E-state index in [1.807, 2.05) is 24.3 Å². The molecule has 0 saturated carbocycles. The number of ether oxygens (including phenoxy) is 3. The van der Waals surface area contributed by atoms with E-state index < -0.39 is 12.8 Å². The summed E-state index contributed by atoms with van der Waals surface area (Å²) in [6.07, 6.45) is 34.8. The molecule has 5 heteroatoms. The molecule has 0 N–H and O–H groups in total. The Bertz CT molecular complexity index is 760. The van der Waals surface area contributed by atoms with E-state index >= 15 is 0 Å². The zero-order valence-electron chi connectivity index (χ0n) is 31.8. The molecule has 0 radical (unpaired) electrons. The van der Waals surface area contributed by atoms with Crippen molar-refractivity contribution in [2.45, 2.75) is 207 Å². The molecule has 1 aliphatic rings. The first-order valence-corrected chi connectivity index (χ1v) is 20.8. The van der Waals surface area contributed by atoms with Crippen molar-refractivity contribution in [3.05, 3.63) is 24.3 Å². The average molecular weight is 659 g/mol. The molecule has 274 valence electrons. The fraction of sp³-hybridized carbons (Fsp3) is 0.857. The number of unbranched alkanes of at least 4 members (excludes halogenated alkanes) is 24. The number of benzene rings is 1. The lowest BCUT2D eigenvalue weighted by molar-refractivity contribution is -0.288. The maximum Gasteiger partial charge on any atom is 0.266 e. The standard InChI is InChI=1S/C42H78N2O3/c1-5-9-11-13-15-17-19-21-23-25-27-29-31-36-43(7-3)41-45-39-34-33-35-40(38-39)46-42(47-41)44(8-4)37-32-30-28-26-24-22-20-18-16-14-12-10-6-2/h33-35,38,41-42H,5-32,36-37H2,1-4H3.